The summed E-state index contributed by atoms with van der Waals surface area (Å²) in [6, 6.07) is 6.74. The molecule has 2 rings (SSSR count). The number of rotatable bonds is 5. The first-order valence-corrected chi connectivity index (χ1v) is 7.96. The molecule has 3 nitrogen and oxygen atoms in total. The van der Waals surface area contributed by atoms with Gasteiger partial charge in [0.1, 0.15) is 5.82 Å². The third kappa shape index (κ3) is 4.77. The van der Waals surface area contributed by atoms with Gasteiger partial charge in [-0.25, -0.2) is 4.39 Å². The van der Waals surface area contributed by atoms with Gasteiger partial charge in [0.2, 0.25) is 0 Å². The molecule has 1 aromatic rings. The van der Waals surface area contributed by atoms with Gasteiger partial charge in [-0.15, -0.1) is 0 Å². The highest BCUT2D eigenvalue weighted by atomic mass is 19.1. The number of hydrogen-bond acceptors (Lipinski definition) is 3. The Morgan fingerprint density at radius 2 is 2.00 bits per heavy atom. The Morgan fingerprint density at radius 3 is 2.67 bits per heavy atom. The lowest BCUT2D eigenvalue weighted by Crippen LogP contribution is -2.40. The fourth-order valence-electron chi connectivity index (χ4n) is 3.11. The van der Waals surface area contributed by atoms with Gasteiger partial charge < -0.3 is 10.0 Å². The van der Waals surface area contributed by atoms with Crippen LogP contribution in [0.2, 0.25) is 0 Å². The van der Waals surface area contributed by atoms with Gasteiger partial charge >= 0.3 is 0 Å². The zero-order chi connectivity index (χ0) is 15.2. The van der Waals surface area contributed by atoms with Crippen LogP contribution in [0.25, 0.3) is 0 Å². The molecule has 1 saturated heterocycles. The van der Waals surface area contributed by atoms with Crippen LogP contribution in [0.3, 0.4) is 0 Å². The Hall–Kier alpha value is -0.970. The van der Waals surface area contributed by atoms with Gasteiger partial charge in [-0.05, 0) is 57.1 Å². The van der Waals surface area contributed by atoms with Crippen LogP contribution in [0.15, 0.2) is 24.3 Å². The Kier molecular flexibility index (Phi) is 6.15. The molecule has 1 aliphatic rings. The second-order valence-corrected chi connectivity index (χ2v) is 6.07. The minimum atomic E-state index is -0.510. The average molecular weight is 294 g/mol. The van der Waals surface area contributed by atoms with Gasteiger partial charge in [0.25, 0.3) is 0 Å². The SMILES string of the molecule is CCC1CN(C)CCCN1CCC(O)c1ccc(F)cc1. The highest BCUT2D eigenvalue weighted by Crippen LogP contribution is 2.19. The maximum Gasteiger partial charge on any atom is 0.123 e. The maximum absolute atomic E-state index is 12.9. The van der Waals surface area contributed by atoms with Crippen LogP contribution in [0.1, 0.15) is 37.9 Å². The standard InChI is InChI=1S/C17H27FN2O/c1-3-16-13-19(2)10-4-11-20(16)12-9-17(21)14-5-7-15(18)8-6-14/h5-8,16-17,21H,3-4,9-13H2,1-2H3. The van der Waals surface area contributed by atoms with E-state index in [0.717, 1.165) is 38.2 Å². The number of hydrogen-bond donors (Lipinski definition) is 1. The lowest BCUT2D eigenvalue weighted by molar-refractivity contribution is 0.121. The van der Waals surface area contributed by atoms with Crippen molar-refractivity contribution in [3.63, 3.8) is 0 Å². The molecule has 2 unspecified atom stereocenters. The van der Waals surface area contributed by atoms with E-state index in [9.17, 15) is 9.50 Å². The van der Waals surface area contributed by atoms with Gasteiger partial charge in [-0.3, -0.25) is 4.90 Å². The minimum absolute atomic E-state index is 0.257. The Morgan fingerprint density at radius 1 is 1.29 bits per heavy atom. The van der Waals surface area contributed by atoms with Crippen molar-refractivity contribution in [3.05, 3.63) is 35.6 Å². The van der Waals surface area contributed by atoms with E-state index in [0.29, 0.717) is 12.5 Å². The third-order valence-electron chi connectivity index (χ3n) is 4.44. The number of aliphatic hydroxyl groups excluding tert-OH is 1. The van der Waals surface area contributed by atoms with E-state index in [4.69, 9.17) is 0 Å². The monoisotopic (exact) mass is 294 g/mol. The van der Waals surface area contributed by atoms with E-state index in [1.165, 1.54) is 18.6 Å². The summed E-state index contributed by atoms with van der Waals surface area (Å²) in [5, 5.41) is 10.3. The van der Waals surface area contributed by atoms with E-state index in [1.54, 1.807) is 12.1 Å². The van der Waals surface area contributed by atoms with E-state index >= 15 is 0 Å². The van der Waals surface area contributed by atoms with Crippen molar-refractivity contribution in [2.45, 2.75) is 38.3 Å². The van der Waals surface area contributed by atoms with Crippen LogP contribution < -0.4 is 0 Å². The molecule has 0 spiro atoms. The Balaban J connectivity index is 1.89. The highest BCUT2D eigenvalue weighted by Gasteiger charge is 2.22. The molecule has 118 valence electrons. The van der Waals surface area contributed by atoms with Crippen molar-refractivity contribution < 1.29 is 9.50 Å². The van der Waals surface area contributed by atoms with Crippen molar-refractivity contribution in [1.82, 2.24) is 9.80 Å². The van der Waals surface area contributed by atoms with Crippen molar-refractivity contribution in [2.24, 2.45) is 0 Å². The fraction of sp³-hybridized carbons (Fsp3) is 0.647. The molecule has 2 atom stereocenters. The number of aliphatic hydroxyl groups is 1. The van der Waals surface area contributed by atoms with Gasteiger partial charge in [-0.1, -0.05) is 19.1 Å². The van der Waals surface area contributed by atoms with Gasteiger partial charge in [0.15, 0.2) is 0 Å². The van der Waals surface area contributed by atoms with Gasteiger partial charge in [-0.2, -0.15) is 0 Å². The Labute approximate surface area is 127 Å². The summed E-state index contributed by atoms with van der Waals surface area (Å²) in [5.41, 5.74) is 0.802. The minimum Gasteiger partial charge on any atom is -0.388 e. The predicted molar refractivity (Wildman–Crippen MR) is 83.7 cm³/mol. The normalized spacial score (nSPS) is 23.0. The molecule has 21 heavy (non-hydrogen) atoms. The van der Waals surface area contributed by atoms with Crippen LogP contribution in [0, 0.1) is 5.82 Å². The molecule has 0 aliphatic carbocycles. The molecule has 1 aromatic carbocycles. The third-order valence-corrected chi connectivity index (χ3v) is 4.44. The number of likely N-dealkylation sites (N-methyl/N-ethyl adjacent to an activating group) is 1. The summed E-state index contributed by atoms with van der Waals surface area (Å²) in [5.74, 6) is -0.257. The van der Waals surface area contributed by atoms with Crippen LogP contribution in [0.5, 0.6) is 0 Å². The zero-order valence-electron chi connectivity index (χ0n) is 13.1. The molecule has 0 radical (unpaired) electrons. The second kappa shape index (κ2) is 7.87. The van der Waals surface area contributed by atoms with E-state index < -0.39 is 6.10 Å². The Bertz CT molecular complexity index is 423. The van der Waals surface area contributed by atoms with Crippen LogP contribution in [-0.4, -0.2) is 54.2 Å². The summed E-state index contributed by atoms with van der Waals surface area (Å²) in [6.07, 6.45) is 2.51. The predicted octanol–water partition coefficient (Wildman–Crippen LogP) is 2.67. The molecule has 0 aromatic heterocycles. The smallest absolute Gasteiger partial charge is 0.123 e. The summed E-state index contributed by atoms with van der Waals surface area (Å²) in [7, 11) is 2.18. The molecule has 1 heterocycles. The highest BCUT2D eigenvalue weighted by molar-refractivity contribution is 5.18. The van der Waals surface area contributed by atoms with Crippen LogP contribution in [-0.2, 0) is 0 Å². The summed E-state index contributed by atoms with van der Waals surface area (Å²) in [6.45, 7) is 6.47. The first-order chi connectivity index (χ1) is 10.1. The molecule has 1 N–H and O–H groups in total. The topological polar surface area (TPSA) is 26.7 Å². The van der Waals surface area contributed by atoms with Gasteiger partial charge in [0.05, 0.1) is 6.10 Å². The molecule has 0 saturated carbocycles. The average Bonchev–Trinajstić information content (AvgIpc) is 2.66. The first-order valence-electron chi connectivity index (χ1n) is 7.96. The number of nitrogens with zero attached hydrogens (tertiary/aromatic N) is 2. The summed E-state index contributed by atoms with van der Waals surface area (Å²) >= 11 is 0. The fourth-order valence-corrected chi connectivity index (χ4v) is 3.11. The first kappa shape index (κ1) is 16.4. The largest absolute Gasteiger partial charge is 0.388 e. The van der Waals surface area contributed by atoms with Crippen molar-refractivity contribution in [3.8, 4) is 0 Å². The van der Waals surface area contributed by atoms with E-state index in [1.807, 2.05) is 0 Å². The van der Waals surface area contributed by atoms with Crippen LogP contribution >= 0.6 is 0 Å². The quantitative estimate of drug-likeness (QED) is 0.904. The number of halogens is 1. The van der Waals surface area contributed by atoms with Crippen molar-refractivity contribution in [2.75, 3.05) is 33.2 Å². The maximum atomic E-state index is 12.9. The lowest BCUT2D eigenvalue weighted by atomic mass is 10.1. The summed E-state index contributed by atoms with van der Waals surface area (Å²) < 4.78 is 12.9. The molecular formula is C17H27FN2O. The van der Waals surface area contributed by atoms with E-state index in [2.05, 4.69) is 23.8 Å². The summed E-state index contributed by atoms with van der Waals surface area (Å²) in [4.78, 5) is 4.89. The molecule has 0 amide bonds. The molecule has 1 aliphatic heterocycles. The molecular weight excluding hydrogens is 267 g/mol. The molecule has 1 fully saturated rings. The van der Waals surface area contributed by atoms with Crippen molar-refractivity contribution >= 4 is 0 Å². The van der Waals surface area contributed by atoms with Gasteiger partial charge in [0, 0.05) is 19.1 Å². The lowest BCUT2D eigenvalue weighted by Gasteiger charge is -2.30. The number of benzene rings is 1. The molecule has 0 bridgehead atoms. The van der Waals surface area contributed by atoms with E-state index in [-0.39, 0.29) is 5.82 Å². The van der Waals surface area contributed by atoms with Crippen LogP contribution in [0.4, 0.5) is 4.39 Å². The van der Waals surface area contributed by atoms with Crippen molar-refractivity contribution in [1.29, 1.82) is 0 Å². The molecule has 4 heteroatoms. The zero-order valence-corrected chi connectivity index (χ0v) is 13.1. The second-order valence-electron chi connectivity index (χ2n) is 6.07.